The Labute approximate surface area is 170 Å². The van der Waals surface area contributed by atoms with E-state index in [0.717, 1.165) is 0 Å². The van der Waals surface area contributed by atoms with Gasteiger partial charge in [-0.25, -0.2) is 9.78 Å². The van der Waals surface area contributed by atoms with Crippen LogP contribution in [-0.2, 0) is 0 Å². The van der Waals surface area contributed by atoms with Gasteiger partial charge in [0, 0.05) is 37.1 Å². The molecule has 146 valence electrons. The van der Waals surface area contributed by atoms with Gasteiger partial charge >= 0.3 is 6.03 Å². The quantitative estimate of drug-likeness (QED) is 0.598. The molecule has 3 rings (SSSR count). The zero-order valence-electron chi connectivity index (χ0n) is 14.8. The average Bonchev–Trinajstić information content (AvgIpc) is 3.06. The van der Waals surface area contributed by atoms with Crippen LogP contribution in [0.5, 0.6) is 0 Å². The fourth-order valence-corrected chi connectivity index (χ4v) is 3.36. The van der Waals surface area contributed by atoms with E-state index in [9.17, 15) is 9.59 Å². The second kappa shape index (κ2) is 8.05. The van der Waals surface area contributed by atoms with Gasteiger partial charge in [-0.15, -0.1) is 0 Å². The van der Waals surface area contributed by atoms with E-state index in [1.807, 2.05) is 0 Å². The highest BCUT2D eigenvalue weighted by molar-refractivity contribution is 6.40. The van der Waals surface area contributed by atoms with E-state index < -0.39 is 11.9 Å². The maximum Gasteiger partial charge on any atom is 0.321 e. The molecule has 0 radical (unpaired) electrons. The zero-order valence-corrected chi connectivity index (χ0v) is 16.3. The number of aromatic nitrogens is 2. The second-order valence-electron chi connectivity index (χ2n) is 6.01. The maximum atomic E-state index is 13.0. The number of pyridine rings is 1. The van der Waals surface area contributed by atoms with E-state index in [4.69, 9.17) is 34.0 Å². The average molecular weight is 422 g/mol. The van der Waals surface area contributed by atoms with Crippen molar-refractivity contribution in [1.82, 2.24) is 14.5 Å². The molecule has 10 heteroatoms. The summed E-state index contributed by atoms with van der Waals surface area (Å²) < 4.78 is 1.38. The number of amides is 2. The SMILES string of the molecule is CN(CCO)C(=O)Nc1cc(Cl)c(C(=O)n2ccc3c(N)nccc32)c(Cl)c1. The molecule has 2 amide bonds. The van der Waals surface area contributed by atoms with Crippen LogP contribution in [0, 0.1) is 0 Å². The number of hydrogen-bond acceptors (Lipinski definition) is 5. The Morgan fingerprint density at radius 2 is 1.96 bits per heavy atom. The highest BCUT2D eigenvalue weighted by atomic mass is 35.5. The van der Waals surface area contributed by atoms with E-state index in [1.54, 1.807) is 18.3 Å². The van der Waals surface area contributed by atoms with Crippen LogP contribution in [0.4, 0.5) is 16.3 Å². The topological polar surface area (TPSA) is 113 Å². The Morgan fingerprint density at radius 1 is 1.29 bits per heavy atom. The maximum absolute atomic E-state index is 13.0. The molecule has 1 aromatic carbocycles. The summed E-state index contributed by atoms with van der Waals surface area (Å²) in [6.45, 7) is 0.00624. The molecule has 0 spiro atoms. The minimum absolute atomic E-state index is 0.0847. The Bertz CT molecular complexity index is 1040. The molecule has 0 atom stereocenters. The third-order valence-electron chi connectivity index (χ3n) is 4.16. The van der Waals surface area contributed by atoms with Crippen LogP contribution in [0.1, 0.15) is 10.4 Å². The van der Waals surface area contributed by atoms with Gasteiger partial charge in [0.15, 0.2) is 0 Å². The van der Waals surface area contributed by atoms with Crippen molar-refractivity contribution in [2.45, 2.75) is 0 Å². The summed E-state index contributed by atoms with van der Waals surface area (Å²) in [5, 5.41) is 12.3. The first-order chi connectivity index (χ1) is 13.3. The Hall–Kier alpha value is -2.81. The molecule has 0 aliphatic heterocycles. The van der Waals surface area contributed by atoms with E-state index >= 15 is 0 Å². The minimum Gasteiger partial charge on any atom is -0.395 e. The molecule has 0 unspecified atom stereocenters. The minimum atomic E-state index is -0.445. The smallest absolute Gasteiger partial charge is 0.321 e. The summed E-state index contributed by atoms with van der Waals surface area (Å²) >= 11 is 12.6. The summed E-state index contributed by atoms with van der Waals surface area (Å²) in [6, 6.07) is 5.78. The van der Waals surface area contributed by atoms with Crippen molar-refractivity contribution in [1.29, 1.82) is 0 Å². The van der Waals surface area contributed by atoms with Gasteiger partial charge in [0.2, 0.25) is 0 Å². The summed E-state index contributed by atoms with van der Waals surface area (Å²) in [4.78, 5) is 30.3. The number of nitrogens with zero attached hydrogens (tertiary/aromatic N) is 3. The number of nitrogens with two attached hydrogens (primary N) is 1. The standard InChI is InChI=1S/C18H17Cl2N5O3/c1-24(6-7-26)18(28)23-10-8-12(19)15(13(20)9-10)17(27)25-5-3-11-14(25)2-4-22-16(11)21/h2-5,8-9,26H,6-7H2,1H3,(H2,21,22)(H,23,28). The number of aliphatic hydroxyl groups is 1. The van der Waals surface area contributed by atoms with Gasteiger partial charge in [-0.2, -0.15) is 0 Å². The monoisotopic (exact) mass is 421 g/mol. The van der Waals surface area contributed by atoms with Crippen LogP contribution in [0.3, 0.4) is 0 Å². The van der Waals surface area contributed by atoms with Gasteiger partial charge in [0.1, 0.15) is 5.82 Å². The van der Waals surface area contributed by atoms with Crippen LogP contribution >= 0.6 is 23.2 Å². The molecular formula is C18H17Cl2N5O3. The summed E-state index contributed by atoms with van der Waals surface area (Å²) in [7, 11) is 1.53. The predicted molar refractivity (Wildman–Crippen MR) is 109 cm³/mol. The zero-order chi connectivity index (χ0) is 20.4. The molecule has 0 saturated carbocycles. The second-order valence-corrected chi connectivity index (χ2v) is 6.82. The number of rotatable bonds is 4. The fourth-order valence-electron chi connectivity index (χ4n) is 2.71. The Kier molecular flexibility index (Phi) is 5.73. The van der Waals surface area contributed by atoms with E-state index in [1.165, 1.54) is 34.8 Å². The Morgan fingerprint density at radius 3 is 2.61 bits per heavy atom. The normalized spacial score (nSPS) is 10.9. The van der Waals surface area contributed by atoms with Crippen LogP contribution in [0.15, 0.2) is 36.7 Å². The van der Waals surface area contributed by atoms with Crippen molar-refractivity contribution in [3.63, 3.8) is 0 Å². The number of urea groups is 1. The lowest BCUT2D eigenvalue weighted by molar-refractivity contribution is 0.0965. The number of carbonyl (C=O) groups excluding carboxylic acids is 2. The number of carbonyl (C=O) groups is 2. The number of fused-ring (bicyclic) bond motifs is 1. The number of nitrogen functional groups attached to an aromatic ring is 1. The number of likely N-dealkylation sites (N-methyl/N-ethyl adjacent to an activating group) is 1. The van der Waals surface area contributed by atoms with E-state index in [-0.39, 0.29) is 28.8 Å². The first kappa shape index (κ1) is 19.9. The van der Waals surface area contributed by atoms with Crippen LogP contribution in [-0.4, -0.2) is 51.7 Å². The van der Waals surface area contributed by atoms with E-state index in [0.29, 0.717) is 22.4 Å². The third-order valence-corrected chi connectivity index (χ3v) is 4.75. The van der Waals surface area contributed by atoms with Gasteiger partial charge in [0.05, 0.1) is 27.7 Å². The van der Waals surface area contributed by atoms with Crippen LogP contribution in [0.25, 0.3) is 10.9 Å². The lowest BCUT2D eigenvalue weighted by atomic mass is 10.1. The van der Waals surface area contributed by atoms with Gasteiger partial charge in [-0.1, -0.05) is 23.2 Å². The number of halogens is 2. The molecule has 2 heterocycles. The number of nitrogens with one attached hydrogen (secondary N) is 1. The van der Waals surface area contributed by atoms with Crippen LogP contribution in [0.2, 0.25) is 10.0 Å². The van der Waals surface area contributed by atoms with Crippen molar-refractivity contribution in [2.24, 2.45) is 0 Å². The van der Waals surface area contributed by atoms with Gasteiger partial charge in [-0.3, -0.25) is 9.36 Å². The summed E-state index contributed by atoms with van der Waals surface area (Å²) in [5.41, 5.74) is 6.83. The molecule has 2 aromatic heterocycles. The largest absolute Gasteiger partial charge is 0.395 e. The van der Waals surface area contributed by atoms with Crippen molar-refractivity contribution in [2.75, 3.05) is 31.2 Å². The first-order valence-electron chi connectivity index (χ1n) is 8.21. The molecular weight excluding hydrogens is 405 g/mol. The number of hydrogen-bond donors (Lipinski definition) is 3. The molecule has 4 N–H and O–H groups in total. The Balaban J connectivity index is 1.93. The van der Waals surface area contributed by atoms with E-state index in [2.05, 4.69) is 10.3 Å². The molecule has 0 aliphatic rings. The molecule has 0 fully saturated rings. The molecule has 0 aliphatic carbocycles. The summed E-state index contributed by atoms with van der Waals surface area (Å²) in [5.74, 6) is -0.128. The van der Waals surface area contributed by atoms with Gasteiger partial charge in [-0.05, 0) is 24.3 Å². The van der Waals surface area contributed by atoms with Crippen molar-refractivity contribution >= 4 is 57.5 Å². The first-order valence-corrected chi connectivity index (χ1v) is 8.97. The summed E-state index contributed by atoms with van der Waals surface area (Å²) in [6.07, 6.45) is 3.07. The van der Waals surface area contributed by atoms with Gasteiger partial charge in [0.25, 0.3) is 5.91 Å². The number of benzene rings is 1. The van der Waals surface area contributed by atoms with Crippen LogP contribution < -0.4 is 11.1 Å². The van der Waals surface area contributed by atoms with Crippen molar-refractivity contribution in [3.8, 4) is 0 Å². The number of aliphatic hydroxyl groups excluding tert-OH is 1. The molecule has 8 nitrogen and oxygen atoms in total. The lowest BCUT2D eigenvalue weighted by Gasteiger charge is -2.17. The fraction of sp³-hybridized carbons (Fsp3) is 0.167. The predicted octanol–water partition coefficient (Wildman–Crippen LogP) is 3.07. The molecule has 0 saturated heterocycles. The van der Waals surface area contributed by atoms with Gasteiger partial charge < -0.3 is 21.1 Å². The van der Waals surface area contributed by atoms with Crippen molar-refractivity contribution < 1.29 is 14.7 Å². The third kappa shape index (κ3) is 3.75. The lowest BCUT2D eigenvalue weighted by Crippen LogP contribution is -2.33. The van der Waals surface area contributed by atoms with Crippen molar-refractivity contribution in [3.05, 3.63) is 52.3 Å². The molecule has 0 bridgehead atoms. The highest BCUT2D eigenvalue weighted by Gasteiger charge is 2.21. The molecule has 28 heavy (non-hydrogen) atoms. The highest BCUT2D eigenvalue weighted by Crippen LogP contribution is 2.31. The number of anilines is 2. The molecule has 3 aromatic rings.